The molecule has 2 aromatic carbocycles. The number of aryl methyl sites for hydroxylation is 2. The summed E-state index contributed by atoms with van der Waals surface area (Å²) in [5.41, 5.74) is 3.97. The third-order valence-electron chi connectivity index (χ3n) is 3.31. The van der Waals surface area contributed by atoms with E-state index < -0.39 is 0 Å². The van der Waals surface area contributed by atoms with Gasteiger partial charge in [0.1, 0.15) is 11.6 Å². The molecule has 0 spiro atoms. The zero-order valence-corrected chi connectivity index (χ0v) is 12.8. The van der Waals surface area contributed by atoms with E-state index in [4.69, 9.17) is 4.74 Å². The molecular weight excluding hydrogens is 307 g/mol. The van der Waals surface area contributed by atoms with Crippen LogP contribution in [0.25, 0.3) is 0 Å². The molecule has 1 nitrogen and oxygen atoms in total. The fourth-order valence-electron chi connectivity index (χ4n) is 2.03. The van der Waals surface area contributed by atoms with Gasteiger partial charge in [0.15, 0.2) is 0 Å². The van der Waals surface area contributed by atoms with Crippen molar-refractivity contribution in [1.29, 1.82) is 0 Å². The third-order valence-corrected chi connectivity index (χ3v) is 4.30. The Hall–Kier alpha value is -1.35. The zero-order chi connectivity index (χ0) is 14.0. The van der Waals surface area contributed by atoms with Crippen LogP contribution in [0.3, 0.4) is 0 Å². The van der Waals surface area contributed by atoms with Gasteiger partial charge in [-0.15, -0.1) is 0 Å². The summed E-state index contributed by atoms with van der Waals surface area (Å²) in [5.74, 6) is 0.291. The summed E-state index contributed by atoms with van der Waals surface area (Å²) in [6.45, 7) is 4.11. The van der Waals surface area contributed by atoms with Crippen molar-refractivity contribution >= 4 is 15.9 Å². The number of ether oxygens (including phenoxy) is 1. The SMILES string of the molecule is COc1cccc(F)c1C(Br)c1ccc(C)c(C)c1. The quantitative estimate of drug-likeness (QED) is 0.727. The highest BCUT2D eigenvalue weighted by molar-refractivity contribution is 9.09. The summed E-state index contributed by atoms with van der Waals surface area (Å²) < 4.78 is 19.3. The van der Waals surface area contributed by atoms with E-state index in [0.717, 1.165) is 5.56 Å². The van der Waals surface area contributed by atoms with Crippen LogP contribution in [0, 0.1) is 19.7 Å². The third kappa shape index (κ3) is 2.81. The van der Waals surface area contributed by atoms with E-state index in [1.54, 1.807) is 19.2 Å². The van der Waals surface area contributed by atoms with Gasteiger partial charge in [-0.2, -0.15) is 0 Å². The van der Waals surface area contributed by atoms with Crippen LogP contribution in [0.2, 0.25) is 0 Å². The number of alkyl halides is 1. The minimum absolute atomic E-state index is 0.219. The molecule has 100 valence electrons. The Bertz CT molecular complexity index is 595. The van der Waals surface area contributed by atoms with Crippen molar-refractivity contribution in [3.8, 4) is 5.75 Å². The van der Waals surface area contributed by atoms with Gasteiger partial charge in [-0.1, -0.05) is 40.2 Å². The lowest BCUT2D eigenvalue weighted by atomic mass is 9.99. The first-order valence-corrected chi connectivity index (χ1v) is 6.99. The van der Waals surface area contributed by atoms with Crippen LogP contribution in [-0.2, 0) is 0 Å². The average molecular weight is 323 g/mol. The first kappa shape index (κ1) is 14.1. The van der Waals surface area contributed by atoms with Gasteiger partial charge in [0.25, 0.3) is 0 Å². The summed E-state index contributed by atoms with van der Waals surface area (Å²) in [7, 11) is 1.55. The van der Waals surface area contributed by atoms with Crippen molar-refractivity contribution in [2.24, 2.45) is 0 Å². The highest BCUT2D eigenvalue weighted by Crippen LogP contribution is 2.38. The Morgan fingerprint density at radius 1 is 1.11 bits per heavy atom. The minimum atomic E-state index is -0.264. The summed E-state index contributed by atoms with van der Waals surface area (Å²) in [5, 5.41) is 0. The van der Waals surface area contributed by atoms with Crippen LogP contribution >= 0.6 is 15.9 Å². The van der Waals surface area contributed by atoms with Gasteiger partial charge in [-0.3, -0.25) is 0 Å². The fraction of sp³-hybridized carbons (Fsp3) is 0.250. The van der Waals surface area contributed by atoms with Crippen LogP contribution in [-0.4, -0.2) is 7.11 Å². The second kappa shape index (κ2) is 5.74. The molecule has 1 unspecified atom stereocenters. The Labute approximate surface area is 121 Å². The van der Waals surface area contributed by atoms with Crippen LogP contribution in [0.15, 0.2) is 36.4 Å². The maximum atomic E-state index is 14.0. The first-order chi connectivity index (χ1) is 9.04. The predicted octanol–water partition coefficient (Wildman–Crippen LogP) is 4.94. The Balaban J connectivity index is 2.49. The van der Waals surface area contributed by atoms with Crippen molar-refractivity contribution in [3.05, 3.63) is 64.5 Å². The molecule has 0 aromatic heterocycles. The largest absolute Gasteiger partial charge is 0.496 e. The standard InChI is InChI=1S/C16H16BrFO/c1-10-7-8-12(9-11(10)2)16(17)15-13(18)5-4-6-14(15)19-3/h4-9,16H,1-3H3. The van der Waals surface area contributed by atoms with E-state index in [1.807, 2.05) is 12.1 Å². The van der Waals surface area contributed by atoms with E-state index in [9.17, 15) is 4.39 Å². The number of hydrogen-bond donors (Lipinski definition) is 0. The molecule has 0 aliphatic rings. The maximum Gasteiger partial charge on any atom is 0.131 e. The lowest BCUT2D eigenvalue weighted by Crippen LogP contribution is -2.01. The number of hydrogen-bond acceptors (Lipinski definition) is 1. The highest BCUT2D eigenvalue weighted by Gasteiger charge is 2.19. The van der Waals surface area contributed by atoms with E-state index >= 15 is 0 Å². The van der Waals surface area contributed by atoms with Crippen LogP contribution < -0.4 is 4.74 Å². The molecule has 0 saturated carbocycles. The molecule has 3 heteroatoms. The molecule has 0 saturated heterocycles. The molecular formula is C16H16BrFO. The smallest absolute Gasteiger partial charge is 0.131 e. The van der Waals surface area contributed by atoms with Gasteiger partial charge >= 0.3 is 0 Å². The van der Waals surface area contributed by atoms with Gasteiger partial charge in [0, 0.05) is 5.56 Å². The molecule has 2 rings (SSSR count). The van der Waals surface area contributed by atoms with E-state index in [-0.39, 0.29) is 10.6 Å². The summed E-state index contributed by atoms with van der Waals surface area (Å²) in [4.78, 5) is -0.219. The summed E-state index contributed by atoms with van der Waals surface area (Å²) in [6.07, 6.45) is 0. The molecule has 0 bridgehead atoms. The van der Waals surface area contributed by atoms with Crippen LogP contribution in [0.5, 0.6) is 5.75 Å². The molecule has 0 N–H and O–H groups in total. The van der Waals surface area contributed by atoms with E-state index in [2.05, 4.69) is 35.8 Å². The van der Waals surface area contributed by atoms with Crippen LogP contribution in [0.1, 0.15) is 27.1 Å². The predicted molar refractivity (Wildman–Crippen MR) is 79.6 cm³/mol. The molecule has 0 amide bonds. The summed E-state index contributed by atoms with van der Waals surface area (Å²) >= 11 is 3.58. The number of benzene rings is 2. The zero-order valence-electron chi connectivity index (χ0n) is 11.2. The first-order valence-electron chi connectivity index (χ1n) is 6.08. The Kier molecular flexibility index (Phi) is 4.25. The normalized spacial score (nSPS) is 12.3. The van der Waals surface area contributed by atoms with E-state index in [1.165, 1.54) is 17.2 Å². The van der Waals surface area contributed by atoms with Crippen molar-refractivity contribution < 1.29 is 9.13 Å². The summed E-state index contributed by atoms with van der Waals surface area (Å²) in [6, 6.07) is 11.0. The van der Waals surface area contributed by atoms with Crippen LogP contribution in [0.4, 0.5) is 4.39 Å². The molecule has 0 fully saturated rings. The lowest BCUT2D eigenvalue weighted by molar-refractivity contribution is 0.405. The van der Waals surface area contributed by atoms with Gasteiger partial charge in [-0.25, -0.2) is 4.39 Å². The van der Waals surface area contributed by atoms with Crippen molar-refractivity contribution in [2.75, 3.05) is 7.11 Å². The monoisotopic (exact) mass is 322 g/mol. The average Bonchev–Trinajstić information content (AvgIpc) is 2.40. The number of rotatable bonds is 3. The lowest BCUT2D eigenvalue weighted by Gasteiger charge is -2.16. The fourth-order valence-corrected chi connectivity index (χ4v) is 2.76. The Morgan fingerprint density at radius 2 is 1.84 bits per heavy atom. The van der Waals surface area contributed by atoms with Gasteiger partial charge in [-0.05, 0) is 42.7 Å². The van der Waals surface area contributed by atoms with Gasteiger partial charge in [0.2, 0.25) is 0 Å². The molecule has 0 aliphatic carbocycles. The second-order valence-electron chi connectivity index (χ2n) is 4.56. The molecule has 0 radical (unpaired) electrons. The highest BCUT2D eigenvalue weighted by atomic mass is 79.9. The van der Waals surface area contributed by atoms with E-state index in [0.29, 0.717) is 11.3 Å². The minimum Gasteiger partial charge on any atom is -0.496 e. The van der Waals surface area contributed by atoms with Crippen molar-refractivity contribution in [3.63, 3.8) is 0 Å². The Morgan fingerprint density at radius 3 is 2.47 bits per heavy atom. The molecule has 0 heterocycles. The maximum absolute atomic E-state index is 14.0. The second-order valence-corrected chi connectivity index (χ2v) is 5.48. The van der Waals surface area contributed by atoms with Gasteiger partial charge in [0.05, 0.1) is 11.9 Å². The van der Waals surface area contributed by atoms with Gasteiger partial charge < -0.3 is 4.74 Å². The molecule has 2 aromatic rings. The number of halogens is 2. The van der Waals surface area contributed by atoms with Crippen molar-refractivity contribution in [1.82, 2.24) is 0 Å². The molecule has 0 aliphatic heterocycles. The topological polar surface area (TPSA) is 9.23 Å². The molecule has 1 atom stereocenters. The number of methoxy groups -OCH3 is 1. The van der Waals surface area contributed by atoms with Crippen molar-refractivity contribution in [2.45, 2.75) is 18.7 Å². The molecule has 19 heavy (non-hydrogen) atoms.